The Hall–Kier alpha value is -1.90. The molecule has 0 atom stereocenters. The van der Waals surface area contributed by atoms with Crippen LogP contribution in [0.3, 0.4) is 0 Å². The summed E-state index contributed by atoms with van der Waals surface area (Å²) in [4.78, 5) is 0. The molecule has 0 aliphatic carbocycles. The van der Waals surface area contributed by atoms with Crippen molar-refractivity contribution in [1.29, 1.82) is 5.26 Å². The molecule has 0 spiro atoms. The lowest BCUT2D eigenvalue weighted by atomic mass is 10.0. The Morgan fingerprint density at radius 3 is 2.76 bits per heavy atom. The summed E-state index contributed by atoms with van der Waals surface area (Å²) >= 11 is 0. The van der Waals surface area contributed by atoms with Gasteiger partial charge in [0.2, 0.25) is 0 Å². The second kappa shape index (κ2) is 6.70. The highest BCUT2D eigenvalue weighted by Gasteiger charge is 2.12. The molecule has 2 rings (SSSR count). The second-order valence-electron chi connectivity index (χ2n) is 6.27. The van der Waals surface area contributed by atoms with Crippen LogP contribution in [0.1, 0.15) is 5.56 Å². The molecule has 1 aromatic heterocycles. The third-order valence-electron chi connectivity index (χ3n) is 3.21. The van der Waals surface area contributed by atoms with Gasteiger partial charge < -0.3 is 4.74 Å². The third-order valence-corrected chi connectivity index (χ3v) is 4.92. The van der Waals surface area contributed by atoms with Crippen LogP contribution >= 0.6 is 0 Å². The maximum Gasteiger partial charge on any atom is 0.139 e. The van der Waals surface area contributed by atoms with Crippen molar-refractivity contribution in [1.82, 2.24) is 9.78 Å². The lowest BCUT2D eigenvalue weighted by molar-refractivity contribution is 0.0786. The average Bonchev–Trinajstić information content (AvgIpc) is 2.91. The minimum Gasteiger partial charge on any atom is -0.360 e. The number of ether oxygens (including phenoxy) is 1. The zero-order chi connectivity index (χ0) is 15.3. The predicted molar refractivity (Wildman–Crippen MR) is 86.5 cm³/mol. The smallest absolute Gasteiger partial charge is 0.139 e. The predicted octanol–water partition coefficient (Wildman–Crippen LogP) is 3.73. The van der Waals surface area contributed by atoms with Crippen molar-refractivity contribution in [3.05, 3.63) is 42.2 Å². The van der Waals surface area contributed by atoms with Gasteiger partial charge in [0, 0.05) is 32.0 Å². The minimum absolute atomic E-state index is 0.458. The molecule has 0 amide bonds. The number of aromatic nitrogens is 2. The molecule has 0 N–H and O–H groups in total. The molecule has 0 saturated heterocycles. The van der Waals surface area contributed by atoms with Crippen molar-refractivity contribution < 1.29 is 4.74 Å². The van der Waals surface area contributed by atoms with Crippen LogP contribution in [-0.4, -0.2) is 24.5 Å². The maximum absolute atomic E-state index is 9.14. The molecule has 2 aromatic rings. The van der Waals surface area contributed by atoms with Gasteiger partial charge in [-0.3, -0.25) is 0 Å². The van der Waals surface area contributed by atoms with Crippen LogP contribution in [0.4, 0.5) is 0 Å². The first-order chi connectivity index (χ1) is 9.99. The van der Waals surface area contributed by atoms with E-state index in [9.17, 15) is 0 Å². The van der Waals surface area contributed by atoms with Crippen LogP contribution in [0.5, 0.6) is 0 Å². The summed E-state index contributed by atoms with van der Waals surface area (Å²) in [7, 11) is -1.05. The molecule has 5 heteroatoms. The quantitative estimate of drug-likeness (QED) is 0.603. The van der Waals surface area contributed by atoms with Crippen molar-refractivity contribution in [2.24, 2.45) is 0 Å². The Labute approximate surface area is 127 Å². The molecule has 0 radical (unpaired) electrons. The Morgan fingerprint density at radius 2 is 2.05 bits per heavy atom. The molecule has 4 nitrogen and oxygen atoms in total. The Bertz CT molecular complexity index is 637. The van der Waals surface area contributed by atoms with E-state index in [1.165, 1.54) is 0 Å². The van der Waals surface area contributed by atoms with Crippen molar-refractivity contribution >= 4 is 8.07 Å². The van der Waals surface area contributed by atoms with Gasteiger partial charge in [0.15, 0.2) is 0 Å². The van der Waals surface area contributed by atoms with E-state index in [0.717, 1.165) is 23.8 Å². The topological polar surface area (TPSA) is 50.8 Å². The number of nitrogens with zero attached hydrogens (tertiary/aromatic N) is 3. The van der Waals surface area contributed by atoms with Crippen LogP contribution in [-0.2, 0) is 11.5 Å². The Kier molecular flexibility index (Phi) is 4.94. The summed E-state index contributed by atoms with van der Waals surface area (Å²) < 4.78 is 7.44. The summed E-state index contributed by atoms with van der Waals surface area (Å²) in [6, 6.07) is 10.9. The van der Waals surface area contributed by atoms with Crippen molar-refractivity contribution in [2.75, 3.05) is 6.61 Å². The van der Waals surface area contributed by atoms with Crippen LogP contribution in [0, 0.1) is 11.3 Å². The second-order valence-corrected chi connectivity index (χ2v) is 11.9. The van der Waals surface area contributed by atoms with E-state index >= 15 is 0 Å². The van der Waals surface area contributed by atoms with E-state index in [-0.39, 0.29) is 0 Å². The van der Waals surface area contributed by atoms with E-state index in [1.54, 1.807) is 10.9 Å². The van der Waals surface area contributed by atoms with Crippen molar-refractivity contribution in [3.63, 3.8) is 0 Å². The van der Waals surface area contributed by atoms with E-state index < -0.39 is 8.07 Å². The molecular weight excluding hydrogens is 278 g/mol. The van der Waals surface area contributed by atoms with Gasteiger partial charge in [-0.2, -0.15) is 10.4 Å². The zero-order valence-corrected chi connectivity index (χ0v) is 13.8. The Balaban J connectivity index is 1.97. The van der Waals surface area contributed by atoms with E-state index in [1.807, 2.05) is 30.5 Å². The molecule has 0 aliphatic rings. The molecule has 21 heavy (non-hydrogen) atoms. The van der Waals surface area contributed by atoms with Gasteiger partial charge in [-0.1, -0.05) is 37.8 Å². The fourth-order valence-electron chi connectivity index (χ4n) is 1.94. The average molecular weight is 299 g/mol. The highest BCUT2D eigenvalue weighted by atomic mass is 28.3. The first kappa shape index (κ1) is 15.5. The van der Waals surface area contributed by atoms with Gasteiger partial charge in [0.05, 0.1) is 17.8 Å². The monoisotopic (exact) mass is 299 g/mol. The van der Waals surface area contributed by atoms with Crippen LogP contribution < -0.4 is 0 Å². The molecule has 0 aliphatic heterocycles. The highest BCUT2D eigenvalue weighted by molar-refractivity contribution is 6.76. The summed E-state index contributed by atoms with van der Waals surface area (Å²) in [5.74, 6) is 0. The van der Waals surface area contributed by atoms with E-state index in [0.29, 0.717) is 12.3 Å². The lowest BCUT2D eigenvalue weighted by Gasteiger charge is -2.15. The van der Waals surface area contributed by atoms with Crippen LogP contribution in [0.25, 0.3) is 11.1 Å². The normalized spacial score (nSPS) is 11.3. The largest absolute Gasteiger partial charge is 0.360 e. The number of nitriles is 1. The lowest BCUT2D eigenvalue weighted by Crippen LogP contribution is -2.22. The van der Waals surface area contributed by atoms with Crippen molar-refractivity contribution in [3.8, 4) is 17.2 Å². The van der Waals surface area contributed by atoms with Gasteiger partial charge in [0.1, 0.15) is 6.73 Å². The zero-order valence-electron chi connectivity index (χ0n) is 12.8. The molecule has 0 unspecified atom stereocenters. The van der Waals surface area contributed by atoms with Crippen molar-refractivity contribution in [2.45, 2.75) is 32.4 Å². The fourth-order valence-corrected chi connectivity index (χ4v) is 2.70. The SMILES string of the molecule is C[Si](C)(C)CCOCn1cc(-c2ccccc2C#N)cn1. The summed E-state index contributed by atoms with van der Waals surface area (Å²) in [5.41, 5.74) is 2.52. The third kappa shape index (κ3) is 4.55. The molecule has 1 aromatic carbocycles. The first-order valence-electron chi connectivity index (χ1n) is 7.09. The Morgan fingerprint density at radius 1 is 1.29 bits per heavy atom. The van der Waals surface area contributed by atoms with Crippen LogP contribution in [0.15, 0.2) is 36.7 Å². The van der Waals surface area contributed by atoms with Gasteiger partial charge in [0.25, 0.3) is 0 Å². The summed E-state index contributed by atoms with van der Waals surface area (Å²) in [6.45, 7) is 8.24. The number of hydrogen-bond acceptors (Lipinski definition) is 3. The standard InChI is InChI=1S/C16H21N3OSi/c1-21(2,3)9-8-20-13-19-12-15(11-18-19)16-7-5-4-6-14(16)10-17/h4-7,11-12H,8-9,13H2,1-3H3. The maximum atomic E-state index is 9.14. The molecule has 110 valence electrons. The number of hydrogen-bond donors (Lipinski definition) is 0. The number of rotatable bonds is 6. The van der Waals surface area contributed by atoms with Gasteiger partial charge >= 0.3 is 0 Å². The molecule has 0 fully saturated rings. The molecular formula is C16H21N3OSi. The summed E-state index contributed by atoms with van der Waals surface area (Å²) in [5, 5.41) is 13.4. The van der Waals surface area contributed by atoms with Gasteiger partial charge in [-0.05, 0) is 12.1 Å². The first-order valence-corrected chi connectivity index (χ1v) is 10.8. The fraction of sp³-hybridized carbons (Fsp3) is 0.375. The number of benzene rings is 1. The van der Waals surface area contributed by atoms with Crippen LogP contribution in [0.2, 0.25) is 25.7 Å². The summed E-state index contributed by atoms with van der Waals surface area (Å²) in [6.07, 6.45) is 3.70. The van der Waals surface area contributed by atoms with Gasteiger partial charge in [-0.15, -0.1) is 0 Å². The minimum atomic E-state index is -1.05. The van der Waals surface area contributed by atoms with E-state index in [4.69, 9.17) is 10.00 Å². The molecule has 1 heterocycles. The van der Waals surface area contributed by atoms with Gasteiger partial charge in [-0.25, -0.2) is 4.68 Å². The molecule has 0 saturated carbocycles. The highest BCUT2D eigenvalue weighted by Crippen LogP contribution is 2.22. The molecule has 0 bridgehead atoms. The van der Waals surface area contributed by atoms with E-state index in [2.05, 4.69) is 30.8 Å².